The summed E-state index contributed by atoms with van der Waals surface area (Å²) in [5.41, 5.74) is 1.24. The Labute approximate surface area is 145 Å². The smallest absolute Gasteiger partial charge is 0.225 e. The van der Waals surface area contributed by atoms with Gasteiger partial charge in [0.15, 0.2) is 0 Å². The summed E-state index contributed by atoms with van der Waals surface area (Å²) in [4.78, 5) is 26.6. The lowest BCUT2D eigenvalue weighted by Gasteiger charge is -2.33. The van der Waals surface area contributed by atoms with Gasteiger partial charge in [-0.1, -0.05) is 44.2 Å². The number of hydrogen-bond donors (Lipinski definition) is 1. The maximum Gasteiger partial charge on any atom is 0.225 e. The first kappa shape index (κ1) is 18.5. The second kappa shape index (κ2) is 9.45. The van der Waals surface area contributed by atoms with E-state index in [9.17, 15) is 9.59 Å². The molecule has 4 nitrogen and oxygen atoms in total. The molecule has 1 fully saturated rings. The summed E-state index contributed by atoms with van der Waals surface area (Å²) < 4.78 is 0. The number of piperidine rings is 1. The Morgan fingerprint density at radius 2 is 1.75 bits per heavy atom. The molecule has 0 unspecified atom stereocenters. The number of carbonyl (C=O) groups is 2. The van der Waals surface area contributed by atoms with Crippen LogP contribution in [0.25, 0.3) is 0 Å². The normalized spacial score (nSPS) is 15.5. The molecule has 1 aromatic carbocycles. The molecule has 4 heteroatoms. The fourth-order valence-electron chi connectivity index (χ4n) is 3.38. The number of amides is 2. The second-order valence-electron chi connectivity index (χ2n) is 6.64. The summed E-state index contributed by atoms with van der Waals surface area (Å²) in [6, 6.07) is 10.2. The van der Waals surface area contributed by atoms with Crippen LogP contribution in [0.3, 0.4) is 0 Å². The van der Waals surface area contributed by atoms with Gasteiger partial charge in [-0.2, -0.15) is 0 Å². The van der Waals surface area contributed by atoms with Gasteiger partial charge in [-0.3, -0.25) is 9.59 Å². The van der Waals surface area contributed by atoms with E-state index in [0.717, 1.165) is 32.1 Å². The van der Waals surface area contributed by atoms with Crippen LogP contribution in [0, 0.1) is 11.8 Å². The molecule has 1 aliphatic heterocycles. The number of benzene rings is 1. The van der Waals surface area contributed by atoms with Crippen LogP contribution in [0.5, 0.6) is 0 Å². The van der Waals surface area contributed by atoms with E-state index in [1.165, 1.54) is 5.56 Å². The van der Waals surface area contributed by atoms with E-state index < -0.39 is 0 Å². The number of nitrogens with zero attached hydrogens (tertiary/aromatic N) is 1. The third kappa shape index (κ3) is 5.08. The van der Waals surface area contributed by atoms with Crippen molar-refractivity contribution in [1.29, 1.82) is 0 Å². The first-order valence-electron chi connectivity index (χ1n) is 9.26. The molecule has 1 aromatic rings. The number of carbonyl (C=O) groups excluding carboxylic acids is 2. The molecule has 1 aliphatic rings. The van der Waals surface area contributed by atoms with Gasteiger partial charge in [-0.25, -0.2) is 0 Å². The minimum absolute atomic E-state index is 0.0477. The van der Waals surface area contributed by atoms with E-state index >= 15 is 0 Å². The van der Waals surface area contributed by atoms with Crippen molar-refractivity contribution < 1.29 is 9.59 Å². The summed E-state index contributed by atoms with van der Waals surface area (Å²) in [5.74, 6) is 0.594. The van der Waals surface area contributed by atoms with Crippen LogP contribution in [0.4, 0.5) is 0 Å². The lowest BCUT2D eigenvalue weighted by Crippen LogP contribution is -2.45. The van der Waals surface area contributed by atoms with E-state index in [0.29, 0.717) is 19.6 Å². The zero-order valence-electron chi connectivity index (χ0n) is 15.0. The Balaban J connectivity index is 1.71. The van der Waals surface area contributed by atoms with Gasteiger partial charge in [0.1, 0.15) is 0 Å². The van der Waals surface area contributed by atoms with E-state index in [4.69, 9.17) is 0 Å². The fourth-order valence-corrected chi connectivity index (χ4v) is 3.38. The Hall–Kier alpha value is -1.84. The van der Waals surface area contributed by atoms with Crippen molar-refractivity contribution in [2.24, 2.45) is 11.8 Å². The molecule has 0 aliphatic carbocycles. The van der Waals surface area contributed by atoms with Crippen molar-refractivity contribution in [1.82, 2.24) is 10.2 Å². The molecule has 2 rings (SSSR count). The molecule has 1 N–H and O–H groups in total. The van der Waals surface area contributed by atoms with Crippen molar-refractivity contribution in [3.05, 3.63) is 35.9 Å². The van der Waals surface area contributed by atoms with Gasteiger partial charge in [0.05, 0.1) is 0 Å². The summed E-state index contributed by atoms with van der Waals surface area (Å²) in [7, 11) is 0. The van der Waals surface area contributed by atoms with Gasteiger partial charge in [0.2, 0.25) is 11.8 Å². The van der Waals surface area contributed by atoms with Crippen LogP contribution in [0.1, 0.15) is 45.1 Å². The molecule has 132 valence electrons. The molecule has 0 spiro atoms. The van der Waals surface area contributed by atoms with Crippen LogP contribution in [0.15, 0.2) is 30.3 Å². The molecular formula is C20H30N2O2. The zero-order valence-corrected chi connectivity index (χ0v) is 15.0. The minimum Gasteiger partial charge on any atom is -0.356 e. The molecule has 0 saturated carbocycles. The summed E-state index contributed by atoms with van der Waals surface area (Å²) in [6.45, 7) is 6.24. The summed E-state index contributed by atoms with van der Waals surface area (Å²) in [6.07, 6.45) is 4.22. The maximum absolute atomic E-state index is 12.4. The molecule has 1 saturated heterocycles. The quantitative estimate of drug-likeness (QED) is 0.835. The number of likely N-dealkylation sites (tertiary alicyclic amines) is 1. The lowest BCUT2D eigenvalue weighted by molar-refractivity contribution is -0.139. The molecule has 1 heterocycles. The third-order valence-electron chi connectivity index (χ3n) is 5.07. The van der Waals surface area contributed by atoms with E-state index in [2.05, 4.69) is 31.3 Å². The number of nitrogens with one attached hydrogen (secondary N) is 1. The Morgan fingerprint density at radius 3 is 2.33 bits per heavy atom. The highest BCUT2D eigenvalue weighted by molar-refractivity contribution is 5.81. The second-order valence-corrected chi connectivity index (χ2v) is 6.64. The van der Waals surface area contributed by atoms with Gasteiger partial charge in [0.25, 0.3) is 0 Å². The Morgan fingerprint density at radius 1 is 1.12 bits per heavy atom. The van der Waals surface area contributed by atoms with Crippen LogP contribution in [-0.4, -0.2) is 36.3 Å². The van der Waals surface area contributed by atoms with Crippen LogP contribution in [-0.2, 0) is 16.0 Å². The van der Waals surface area contributed by atoms with E-state index in [-0.39, 0.29) is 23.7 Å². The largest absolute Gasteiger partial charge is 0.356 e. The monoisotopic (exact) mass is 330 g/mol. The third-order valence-corrected chi connectivity index (χ3v) is 5.07. The minimum atomic E-state index is 0.0477. The average molecular weight is 330 g/mol. The highest BCUT2D eigenvalue weighted by Crippen LogP contribution is 2.21. The lowest BCUT2D eigenvalue weighted by atomic mass is 9.93. The number of rotatable bonds is 7. The van der Waals surface area contributed by atoms with E-state index in [1.54, 1.807) is 0 Å². The summed E-state index contributed by atoms with van der Waals surface area (Å²) >= 11 is 0. The fraction of sp³-hybridized carbons (Fsp3) is 0.600. The molecular weight excluding hydrogens is 300 g/mol. The van der Waals surface area contributed by atoms with Crippen molar-refractivity contribution in [2.45, 2.75) is 46.0 Å². The van der Waals surface area contributed by atoms with Gasteiger partial charge < -0.3 is 10.2 Å². The van der Waals surface area contributed by atoms with Gasteiger partial charge in [0, 0.05) is 31.5 Å². The van der Waals surface area contributed by atoms with Gasteiger partial charge in [-0.15, -0.1) is 0 Å². The molecule has 0 atom stereocenters. The summed E-state index contributed by atoms with van der Waals surface area (Å²) in [5, 5.41) is 3.05. The molecule has 2 amide bonds. The van der Waals surface area contributed by atoms with Crippen molar-refractivity contribution in [3.63, 3.8) is 0 Å². The van der Waals surface area contributed by atoms with Gasteiger partial charge in [-0.05, 0) is 37.7 Å². The highest BCUT2D eigenvalue weighted by Gasteiger charge is 2.29. The Bertz CT molecular complexity index is 518. The number of hydrogen-bond acceptors (Lipinski definition) is 2. The highest BCUT2D eigenvalue weighted by atomic mass is 16.2. The molecule has 24 heavy (non-hydrogen) atoms. The van der Waals surface area contributed by atoms with Crippen LogP contribution < -0.4 is 5.32 Å². The predicted octanol–water partition coefficient (Wildman–Crippen LogP) is 3.02. The first-order chi connectivity index (χ1) is 11.7. The van der Waals surface area contributed by atoms with Crippen molar-refractivity contribution >= 4 is 11.8 Å². The standard InChI is InChI=1S/C20H30N2O2/c1-3-17(4-2)20(24)22-14-11-18(12-15-22)19(23)21-13-10-16-8-6-5-7-9-16/h5-9,17-18H,3-4,10-15H2,1-2H3,(H,21,23). The SMILES string of the molecule is CCC(CC)C(=O)N1CCC(C(=O)NCCc2ccccc2)CC1. The predicted molar refractivity (Wildman–Crippen MR) is 96.5 cm³/mol. The zero-order chi connectivity index (χ0) is 17.4. The van der Waals surface area contributed by atoms with Crippen LogP contribution >= 0.6 is 0 Å². The van der Waals surface area contributed by atoms with Gasteiger partial charge >= 0.3 is 0 Å². The Kier molecular flexibility index (Phi) is 7.29. The molecule has 0 radical (unpaired) electrons. The van der Waals surface area contributed by atoms with Crippen molar-refractivity contribution in [2.75, 3.05) is 19.6 Å². The first-order valence-corrected chi connectivity index (χ1v) is 9.26. The van der Waals surface area contributed by atoms with E-state index in [1.807, 2.05) is 23.1 Å². The van der Waals surface area contributed by atoms with Crippen molar-refractivity contribution in [3.8, 4) is 0 Å². The molecule has 0 aromatic heterocycles. The average Bonchev–Trinajstić information content (AvgIpc) is 2.63. The topological polar surface area (TPSA) is 49.4 Å². The maximum atomic E-state index is 12.4. The molecule has 0 bridgehead atoms. The van der Waals surface area contributed by atoms with Crippen LogP contribution in [0.2, 0.25) is 0 Å².